The smallest absolute Gasteiger partial charge is 0.0780 e. The SMILES string of the molecule is CC(C)c1ccccc1-n1c(-c2[c-]cccc2)nc2cccc(-c3ccccc3)c21.[Ir].[c-]1ccccc1-c1ccccn1. The van der Waals surface area contributed by atoms with Crippen molar-refractivity contribution in [2.45, 2.75) is 19.8 Å². The molecule has 0 spiro atoms. The van der Waals surface area contributed by atoms with Crippen molar-refractivity contribution < 1.29 is 20.1 Å². The third-order valence-corrected chi connectivity index (χ3v) is 7.16. The summed E-state index contributed by atoms with van der Waals surface area (Å²) in [5.74, 6) is 1.32. The Bertz CT molecular complexity index is 1840. The predicted octanol–water partition coefficient (Wildman–Crippen LogP) is 9.83. The number of hydrogen-bond donors (Lipinski definition) is 0. The van der Waals surface area contributed by atoms with E-state index in [-0.39, 0.29) is 20.1 Å². The Morgan fingerprint density at radius 2 is 1.30 bits per heavy atom. The molecule has 1 radical (unpaired) electrons. The van der Waals surface area contributed by atoms with Gasteiger partial charge in [-0.3, -0.25) is 4.98 Å². The van der Waals surface area contributed by atoms with Crippen LogP contribution in [-0.4, -0.2) is 14.5 Å². The van der Waals surface area contributed by atoms with Crippen LogP contribution < -0.4 is 0 Å². The number of nitrogens with zero attached hydrogens (tertiary/aromatic N) is 3. The molecular weight excluding hydrogens is 703 g/mol. The standard InChI is InChI=1S/C28H23N2.C11H8N.Ir/c1-20(2)23-16-9-10-19-26(23)30-27-24(21-12-5-3-6-13-21)17-11-18-25(27)29-28(30)22-14-7-4-8-15-22;1-2-6-10(7-3-1)11-8-4-5-9-12-11;/h3-14,16-20H,1-2H3;1-6,8-9H;/q2*-1;. The van der Waals surface area contributed by atoms with Gasteiger partial charge < -0.3 is 9.55 Å². The van der Waals surface area contributed by atoms with Crippen LogP contribution in [0.1, 0.15) is 25.3 Å². The molecule has 5 aromatic carbocycles. The molecule has 43 heavy (non-hydrogen) atoms. The van der Waals surface area contributed by atoms with Gasteiger partial charge in [0.05, 0.1) is 16.9 Å². The number of fused-ring (bicyclic) bond motifs is 1. The summed E-state index contributed by atoms with van der Waals surface area (Å²) in [6, 6.07) is 53.8. The fraction of sp³-hybridized carbons (Fsp3) is 0.0769. The molecule has 7 aromatic rings. The molecule has 0 fully saturated rings. The first-order valence-corrected chi connectivity index (χ1v) is 14.2. The molecule has 2 heterocycles. The molecule has 4 heteroatoms. The minimum atomic E-state index is 0. The van der Waals surface area contributed by atoms with Gasteiger partial charge in [-0.25, -0.2) is 0 Å². The summed E-state index contributed by atoms with van der Waals surface area (Å²) >= 11 is 0. The monoisotopic (exact) mass is 734 g/mol. The first kappa shape index (κ1) is 29.8. The van der Waals surface area contributed by atoms with Gasteiger partial charge >= 0.3 is 0 Å². The van der Waals surface area contributed by atoms with Crippen LogP contribution in [0.25, 0.3) is 50.5 Å². The zero-order valence-electron chi connectivity index (χ0n) is 24.1. The number of benzene rings is 5. The van der Waals surface area contributed by atoms with Gasteiger partial charge in [0.2, 0.25) is 0 Å². The number of para-hydroxylation sites is 2. The molecular formula is C39H31IrN3-2. The molecule has 0 unspecified atom stereocenters. The molecule has 7 rings (SSSR count). The summed E-state index contributed by atoms with van der Waals surface area (Å²) in [5, 5.41) is 0. The third kappa shape index (κ3) is 6.57. The maximum absolute atomic E-state index is 5.08. The molecule has 3 nitrogen and oxygen atoms in total. The first-order chi connectivity index (χ1) is 20.7. The normalized spacial score (nSPS) is 10.6. The Hall–Kier alpha value is -4.63. The van der Waals surface area contributed by atoms with Gasteiger partial charge in [0.15, 0.2) is 0 Å². The summed E-state index contributed by atoms with van der Waals surface area (Å²) in [6.07, 6.45) is 1.79. The fourth-order valence-corrected chi connectivity index (χ4v) is 5.18. The second kappa shape index (κ2) is 14.0. The van der Waals surface area contributed by atoms with E-state index in [9.17, 15) is 0 Å². The zero-order chi connectivity index (χ0) is 28.7. The van der Waals surface area contributed by atoms with Crippen molar-refractivity contribution in [2.75, 3.05) is 0 Å². The van der Waals surface area contributed by atoms with E-state index in [0.717, 1.165) is 33.7 Å². The van der Waals surface area contributed by atoms with Crippen LogP contribution in [0.4, 0.5) is 0 Å². The van der Waals surface area contributed by atoms with Crippen molar-refractivity contribution in [1.29, 1.82) is 0 Å². The Balaban J connectivity index is 0.000000238. The van der Waals surface area contributed by atoms with E-state index in [1.54, 1.807) is 6.20 Å². The van der Waals surface area contributed by atoms with Crippen molar-refractivity contribution in [1.82, 2.24) is 14.5 Å². The molecule has 0 saturated carbocycles. The van der Waals surface area contributed by atoms with E-state index in [1.165, 1.54) is 22.4 Å². The van der Waals surface area contributed by atoms with Gasteiger partial charge in [-0.2, -0.15) is 0 Å². The molecule has 0 N–H and O–H groups in total. The number of hydrogen-bond acceptors (Lipinski definition) is 2. The van der Waals surface area contributed by atoms with Crippen LogP contribution in [0, 0.1) is 12.1 Å². The minimum absolute atomic E-state index is 0. The van der Waals surface area contributed by atoms with Crippen LogP contribution in [0.2, 0.25) is 0 Å². The topological polar surface area (TPSA) is 30.7 Å². The number of aromatic nitrogens is 3. The summed E-state index contributed by atoms with van der Waals surface area (Å²) in [7, 11) is 0. The van der Waals surface area contributed by atoms with Crippen molar-refractivity contribution in [2.24, 2.45) is 0 Å². The summed E-state index contributed by atoms with van der Waals surface area (Å²) in [5.41, 5.74) is 9.97. The number of imidazole rings is 1. The van der Waals surface area contributed by atoms with Gasteiger partial charge in [0.25, 0.3) is 0 Å². The second-order valence-electron chi connectivity index (χ2n) is 10.3. The average Bonchev–Trinajstić information content (AvgIpc) is 3.46. The van der Waals surface area contributed by atoms with E-state index >= 15 is 0 Å². The Morgan fingerprint density at radius 3 is 1.98 bits per heavy atom. The summed E-state index contributed by atoms with van der Waals surface area (Å²) in [4.78, 5) is 9.30. The summed E-state index contributed by atoms with van der Waals surface area (Å²) < 4.78 is 2.32. The minimum Gasteiger partial charge on any atom is -0.332 e. The molecule has 0 atom stereocenters. The van der Waals surface area contributed by atoms with E-state index in [1.807, 2.05) is 60.7 Å². The van der Waals surface area contributed by atoms with Gasteiger partial charge in [-0.15, -0.1) is 71.8 Å². The third-order valence-electron chi connectivity index (χ3n) is 7.16. The Morgan fingerprint density at radius 1 is 0.628 bits per heavy atom. The Kier molecular flexibility index (Phi) is 9.73. The van der Waals surface area contributed by atoms with Gasteiger partial charge in [0, 0.05) is 37.6 Å². The number of pyridine rings is 1. The second-order valence-corrected chi connectivity index (χ2v) is 10.3. The predicted molar refractivity (Wildman–Crippen MR) is 173 cm³/mol. The van der Waals surface area contributed by atoms with Crippen LogP contribution in [-0.2, 0) is 20.1 Å². The molecule has 213 valence electrons. The van der Waals surface area contributed by atoms with Crippen molar-refractivity contribution in [3.05, 3.63) is 163 Å². The molecule has 0 saturated heterocycles. The van der Waals surface area contributed by atoms with Gasteiger partial charge in [-0.1, -0.05) is 86.6 Å². The summed E-state index contributed by atoms with van der Waals surface area (Å²) in [6.45, 7) is 4.48. The largest absolute Gasteiger partial charge is 0.332 e. The van der Waals surface area contributed by atoms with Gasteiger partial charge in [0.1, 0.15) is 0 Å². The number of rotatable bonds is 5. The van der Waals surface area contributed by atoms with E-state index in [4.69, 9.17) is 4.98 Å². The van der Waals surface area contributed by atoms with Crippen molar-refractivity contribution >= 4 is 11.0 Å². The van der Waals surface area contributed by atoms with Crippen LogP contribution in [0.15, 0.2) is 146 Å². The Labute approximate surface area is 267 Å². The molecule has 0 bridgehead atoms. The first-order valence-electron chi connectivity index (χ1n) is 14.2. The van der Waals surface area contributed by atoms with Crippen LogP contribution in [0.5, 0.6) is 0 Å². The molecule has 0 aliphatic heterocycles. The van der Waals surface area contributed by atoms with Crippen molar-refractivity contribution in [3.8, 4) is 39.5 Å². The maximum Gasteiger partial charge on any atom is 0.0780 e. The van der Waals surface area contributed by atoms with Crippen LogP contribution >= 0.6 is 0 Å². The molecule has 0 aliphatic carbocycles. The zero-order valence-corrected chi connectivity index (χ0v) is 26.5. The van der Waals surface area contributed by atoms with E-state index in [2.05, 4.69) is 114 Å². The van der Waals surface area contributed by atoms with Gasteiger partial charge in [-0.05, 0) is 40.9 Å². The molecule has 0 amide bonds. The average molecular weight is 734 g/mol. The van der Waals surface area contributed by atoms with Crippen LogP contribution in [0.3, 0.4) is 0 Å². The molecule has 0 aliphatic rings. The van der Waals surface area contributed by atoms with E-state index in [0.29, 0.717) is 5.92 Å². The van der Waals surface area contributed by atoms with Crippen molar-refractivity contribution in [3.63, 3.8) is 0 Å². The maximum atomic E-state index is 5.08. The van der Waals surface area contributed by atoms with E-state index < -0.39 is 0 Å². The quantitative estimate of drug-likeness (QED) is 0.165. The molecule has 2 aromatic heterocycles. The fourth-order valence-electron chi connectivity index (χ4n) is 5.18.